The van der Waals surface area contributed by atoms with Gasteiger partial charge in [-0.05, 0) is 42.8 Å². The summed E-state index contributed by atoms with van der Waals surface area (Å²) in [5.74, 6) is -0.398. The maximum atomic E-state index is 13.1. The highest BCUT2D eigenvalue weighted by Crippen LogP contribution is 2.37. The predicted octanol–water partition coefficient (Wildman–Crippen LogP) is 5.26. The first kappa shape index (κ1) is 21.7. The number of carbonyl (C=O) groups excluding carboxylic acids is 2. The molecule has 2 aromatic carbocycles. The minimum atomic E-state index is -0.359. The van der Waals surface area contributed by atoms with Gasteiger partial charge in [0.15, 0.2) is 5.17 Å². The van der Waals surface area contributed by atoms with Gasteiger partial charge >= 0.3 is 0 Å². The standard InChI is InChI=1S/C20H16Cl3N3O2S/c1-2-24-17(27)11-29-20-25-15(10-12-6-8-13(21)9-7-12)19(28)26(20)16-5-3-4-14(22)18(16)23/h3-10H,2,11H2,1H3,(H,24,27)/b15-10-. The first-order chi connectivity index (χ1) is 13.9. The third-order valence-electron chi connectivity index (χ3n) is 3.88. The van der Waals surface area contributed by atoms with E-state index < -0.39 is 0 Å². The number of anilines is 1. The molecule has 0 aliphatic carbocycles. The number of amides is 2. The third kappa shape index (κ3) is 5.14. The predicted molar refractivity (Wildman–Crippen MR) is 122 cm³/mol. The Kier molecular flexibility index (Phi) is 7.24. The molecule has 0 radical (unpaired) electrons. The number of thioether (sulfide) groups is 1. The van der Waals surface area contributed by atoms with E-state index in [9.17, 15) is 9.59 Å². The summed E-state index contributed by atoms with van der Waals surface area (Å²) >= 11 is 19.5. The number of carbonyl (C=O) groups is 2. The van der Waals surface area contributed by atoms with Crippen LogP contribution in [0.1, 0.15) is 12.5 Å². The van der Waals surface area contributed by atoms with Crippen molar-refractivity contribution in [2.75, 3.05) is 17.2 Å². The normalized spacial score (nSPS) is 15.0. The van der Waals surface area contributed by atoms with Gasteiger partial charge in [-0.25, -0.2) is 4.99 Å². The quantitative estimate of drug-likeness (QED) is 0.609. The van der Waals surface area contributed by atoms with Crippen LogP contribution in [0.5, 0.6) is 0 Å². The van der Waals surface area contributed by atoms with E-state index in [1.807, 2.05) is 6.92 Å². The van der Waals surface area contributed by atoms with Crippen LogP contribution in [0.3, 0.4) is 0 Å². The van der Waals surface area contributed by atoms with E-state index in [1.54, 1.807) is 48.5 Å². The molecule has 29 heavy (non-hydrogen) atoms. The average Bonchev–Trinajstić information content (AvgIpc) is 3.00. The minimum absolute atomic E-state index is 0.114. The van der Waals surface area contributed by atoms with Gasteiger partial charge in [0.25, 0.3) is 5.91 Å². The molecule has 0 saturated carbocycles. The number of nitrogens with zero attached hydrogens (tertiary/aromatic N) is 2. The maximum absolute atomic E-state index is 13.1. The van der Waals surface area contributed by atoms with Crippen LogP contribution in [0.15, 0.2) is 53.2 Å². The maximum Gasteiger partial charge on any atom is 0.283 e. The van der Waals surface area contributed by atoms with Gasteiger partial charge in [-0.2, -0.15) is 0 Å². The summed E-state index contributed by atoms with van der Waals surface area (Å²) < 4.78 is 0. The number of hydrogen-bond acceptors (Lipinski definition) is 4. The van der Waals surface area contributed by atoms with Crippen LogP contribution < -0.4 is 10.2 Å². The Balaban J connectivity index is 1.97. The van der Waals surface area contributed by atoms with Gasteiger partial charge in [0, 0.05) is 11.6 Å². The van der Waals surface area contributed by atoms with Crippen molar-refractivity contribution in [3.05, 3.63) is 68.8 Å². The summed E-state index contributed by atoms with van der Waals surface area (Å²) in [7, 11) is 0. The lowest BCUT2D eigenvalue weighted by Crippen LogP contribution is -2.32. The van der Waals surface area contributed by atoms with Gasteiger partial charge < -0.3 is 5.32 Å². The molecule has 0 bridgehead atoms. The summed E-state index contributed by atoms with van der Waals surface area (Å²) in [5, 5.41) is 4.23. The van der Waals surface area contributed by atoms with Gasteiger partial charge in [-0.3, -0.25) is 14.5 Å². The zero-order valence-corrected chi connectivity index (χ0v) is 18.4. The number of aliphatic imine (C=N–C) groups is 1. The lowest BCUT2D eigenvalue weighted by Gasteiger charge is -2.19. The zero-order valence-electron chi connectivity index (χ0n) is 15.3. The Morgan fingerprint density at radius 2 is 1.90 bits per heavy atom. The number of halogens is 3. The van der Waals surface area contributed by atoms with Crippen LogP contribution in [0, 0.1) is 0 Å². The van der Waals surface area contributed by atoms with Crippen LogP contribution in [-0.2, 0) is 9.59 Å². The Bertz CT molecular complexity index is 1010. The zero-order chi connectivity index (χ0) is 21.0. The van der Waals surface area contributed by atoms with Crippen molar-refractivity contribution in [3.8, 4) is 0 Å². The number of amidine groups is 1. The molecule has 1 N–H and O–H groups in total. The van der Waals surface area contributed by atoms with Gasteiger partial charge in [0.1, 0.15) is 5.70 Å². The molecule has 0 atom stereocenters. The van der Waals surface area contributed by atoms with Crippen molar-refractivity contribution in [3.63, 3.8) is 0 Å². The highest BCUT2D eigenvalue weighted by Gasteiger charge is 2.34. The number of benzene rings is 2. The minimum Gasteiger partial charge on any atom is -0.356 e. The number of nitrogens with one attached hydrogen (secondary N) is 1. The number of rotatable bonds is 5. The highest BCUT2D eigenvalue weighted by molar-refractivity contribution is 8.14. The molecule has 3 rings (SSSR count). The molecule has 2 amide bonds. The van der Waals surface area contributed by atoms with Gasteiger partial charge in [0.05, 0.1) is 21.5 Å². The van der Waals surface area contributed by atoms with Crippen LogP contribution in [-0.4, -0.2) is 29.3 Å². The van der Waals surface area contributed by atoms with Crippen molar-refractivity contribution in [2.45, 2.75) is 6.92 Å². The second-order valence-corrected chi connectivity index (χ2v) is 8.10. The summed E-state index contributed by atoms with van der Waals surface area (Å²) in [5.41, 5.74) is 1.40. The number of hydrogen-bond donors (Lipinski definition) is 1. The van der Waals surface area contributed by atoms with Crippen LogP contribution in [0.2, 0.25) is 15.1 Å². The SMILES string of the molecule is CCNC(=O)CSC1=N/C(=C\c2ccc(Cl)cc2)C(=O)N1c1cccc(Cl)c1Cl. The van der Waals surface area contributed by atoms with E-state index in [0.29, 0.717) is 27.4 Å². The monoisotopic (exact) mass is 467 g/mol. The molecule has 0 saturated heterocycles. The van der Waals surface area contributed by atoms with Crippen molar-refractivity contribution in [1.29, 1.82) is 0 Å². The molecule has 1 aliphatic heterocycles. The molecule has 0 fully saturated rings. The van der Waals surface area contributed by atoms with E-state index in [2.05, 4.69) is 10.3 Å². The molecule has 0 aromatic heterocycles. The Labute approximate surface area is 187 Å². The Morgan fingerprint density at radius 3 is 2.59 bits per heavy atom. The molecule has 0 unspecified atom stereocenters. The molecular weight excluding hydrogens is 453 g/mol. The van der Waals surface area contributed by atoms with Crippen molar-refractivity contribution >= 4 is 75.3 Å². The average molecular weight is 469 g/mol. The van der Waals surface area contributed by atoms with E-state index in [1.165, 1.54) is 4.90 Å². The molecule has 1 aliphatic rings. The fraction of sp³-hybridized carbons (Fsp3) is 0.150. The molecule has 2 aromatic rings. The second kappa shape index (κ2) is 9.67. The third-order valence-corrected chi connectivity index (χ3v) is 5.88. The summed E-state index contributed by atoms with van der Waals surface area (Å²) in [6.07, 6.45) is 1.66. The van der Waals surface area contributed by atoms with Gasteiger partial charge in [-0.1, -0.05) is 64.8 Å². The van der Waals surface area contributed by atoms with Crippen LogP contribution >= 0.6 is 46.6 Å². The fourth-order valence-corrected chi connectivity index (χ4v) is 3.91. The molecule has 0 spiro atoms. The van der Waals surface area contributed by atoms with Crippen molar-refractivity contribution in [1.82, 2.24) is 5.32 Å². The summed E-state index contributed by atoms with van der Waals surface area (Å²) in [6.45, 7) is 2.36. The Morgan fingerprint density at radius 1 is 1.17 bits per heavy atom. The van der Waals surface area contributed by atoms with Gasteiger partial charge in [-0.15, -0.1) is 0 Å². The Hall–Kier alpha value is -1.99. The second-order valence-electron chi connectivity index (χ2n) is 5.93. The van der Waals surface area contributed by atoms with E-state index in [-0.39, 0.29) is 28.3 Å². The smallest absolute Gasteiger partial charge is 0.283 e. The van der Waals surface area contributed by atoms with Gasteiger partial charge in [0.2, 0.25) is 5.91 Å². The summed E-state index contributed by atoms with van der Waals surface area (Å²) in [6, 6.07) is 12.0. The van der Waals surface area contributed by atoms with Crippen LogP contribution in [0.25, 0.3) is 6.08 Å². The first-order valence-electron chi connectivity index (χ1n) is 8.64. The topological polar surface area (TPSA) is 61.8 Å². The van der Waals surface area contributed by atoms with E-state index in [0.717, 1.165) is 17.3 Å². The molecular formula is C20H16Cl3N3O2S. The summed E-state index contributed by atoms with van der Waals surface area (Å²) in [4.78, 5) is 30.8. The molecule has 150 valence electrons. The lowest BCUT2D eigenvalue weighted by molar-refractivity contribution is -0.118. The lowest BCUT2D eigenvalue weighted by atomic mass is 10.2. The molecule has 9 heteroatoms. The molecule has 5 nitrogen and oxygen atoms in total. The van der Waals surface area contributed by atoms with Crippen molar-refractivity contribution < 1.29 is 9.59 Å². The first-order valence-corrected chi connectivity index (χ1v) is 10.8. The van der Waals surface area contributed by atoms with E-state index >= 15 is 0 Å². The van der Waals surface area contributed by atoms with E-state index in [4.69, 9.17) is 34.8 Å². The molecule has 1 heterocycles. The van der Waals surface area contributed by atoms with Crippen LogP contribution in [0.4, 0.5) is 5.69 Å². The largest absolute Gasteiger partial charge is 0.356 e. The van der Waals surface area contributed by atoms with Crippen molar-refractivity contribution in [2.24, 2.45) is 4.99 Å². The fourth-order valence-electron chi connectivity index (χ4n) is 2.57. The highest BCUT2D eigenvalue weighted by atomic mass is 35.5.